The minimum absolute atomic E-state index is 0.0644. The predicted molar refractivity (Wildman–Crippen MR) is 83.8 cm³/mol. The SMILES string of the molecule is O=S(=O)(CC1CCOCC1)N1C[C@H](O)C[C@H]1c1cccc(F)c1. The lowest BCUT2D eigenvalue weighted by Crippen LogP contribution is -2.37. The van der Waals surface area contributed by atoms with Crippen molar-refractivity contribution < 1.29 is 22.7 Å². The van der Waals surface area contributed by atoms with Crippen LogP contribution in [-0.4, -0.2) is 49.4 Å². The summed E-state index contributed by atoms with van der Waals surface area (Å²) in [6, 6.07) is 5.46. The number of benzene rings is 1. The van der Waals surface area contributed by atoms with Gasteiger partial charge in [-0.1, -0.05) is 12.1 Å². The predicted octanol–water partition coefficient (Wildman–Crippen LogP) is 1.69. The molecule has 2 fully saturated rings. The van der Waals surface area contributed by atoms with Gasteiger partial charge in [-0.15, -0.1) is 0 Å². The van der Waals surface area contributed by atoms with E-state index in [1.54, 1.807) is 12.1 Å². The van der Waals surface area contributed by atoms with Crippen molar-refractivity contribution in [2.45, 2.75) is 31.4 Å². The lowest BCUT2D eigenvalue weighted by molar-refractivity contribution is 0.0720. The van der Waals surface area contributed by atoms with Crippen LogP contribution in [0.4, 0.5) is 4.39 Å². The van der Waals surface area contributed by atoms with Crippen LogP contribution >= 0.6 is 0 Å². The van der Waals surface area contributed by atoms with E-state index < -0.39 is 28.0 Å². The summed E-state index contributed by atoms with van der Waals surface area (Å²) in [6.07, 6.45) is 1.06. The van der Waals surface area contributed by atoms with Crippen LogP contribution in [0.25, 0.3) is 0 Å². The van der Waals surface area contributed by atoms with Gasteiger partial charge >= 0.3 is 0 Å². The summed E-state index contributed by atoms with van der Waals surface area (Å²) in [7, 11) is -3.51. The molecule has 1 aromatic rings. The summed E-state index contributed by atoms with van der Waals surface area (Å²) >= 11 is 0. The van der Waals surface area contributed by atoms with E-state index in [2.05, 4.69) is 0 Å². The van der Waals surface area contributed by atoms with Gasteiger partial charge in [0.05, 0.1) is 17.9 Å². The number of β-amino-alcohol motifs (C(OH)–C–C–N with tert-alkyl or cyclic N) is 1. The fraction of sp³-hybridized carbons (Fsp3) is 0.625. The molecule has 1 N–H and O–H groups in total. The van der Waals surface area contributed by atoms with E-state index in [9.17, 15) is 17.9 Å². The quantitative estimate of drug-likeness (QED) is 0.903. The van der Waals surface area contributed by atoms with Gasteiger partial charge in [-0.2, -0.15) is 4.31 Å². The van der Waals surface area contributed by atoms with Crippen LogP contribution in [-0.2, 0) is 14.8 Å². The second-order valence-electron chi connectivity index (χ2n) is 6.36. The van der Waals surface area contributed by atoms with Crippen LogP contribution in [0, 0.1) is 11.7 Å². The maximum Gasteiger partial charge on any atom is 0.215 e. The summed E-state index contributed by atoms with van der Waals surface area (Å²) in [5, 5.41) is 9.95. The molecule has 2 atom stereocenters. The minimum Gasteiger partial charge on any atom is -0.392 e. The first-order valence-electron chi connectivity index (χ1n) is 7.96. The highest BCUT2D eigenvalue weighted by Crippen LogP contribution is 2.35. The van der Waals surface area contributed by atoms with Crippen molar-refractivity contribution in [2.75, 3.05) is 25.5 Å². The van der Waals surface area contributed by atoms with Crippen molar-refractivity contribution >= 4 is 10.0 Å². The zero-order chi connectivity index (χ0) is 16.4. The van der Waals surface area contributed by atoms with E-state index in [-0.39, 0.29) is 18.2 Å². The first-order chi connectivity index (χ1) is 11.0. The minimum atomic E-state index is -3.51. The van der Waals surface area contributed by atoms with E-state index in [1.807, 2.05) is 0 Å². The highest BCUT2D eigenvalue weighted by molar-refractivity contribution is 7.89. The van der Waals surface area contributed by atoms with Crippen LogP contribution in [0.5, 0.6) is 0 Å². The molecule has 0 unspecified atom stereocenters. The monoisotopic (exact) mass is 343 g/mol. The van der Waals surface area contributed by atoms with E-state index in [1.165, 1.54) is 16.4 Å². The maximum absolute atomic E-state index is 13.5. The van der Waals surface area contributed by atoms with Crippen LogP contribution in [0.3, 0.4) is 0 Å². The summed E-state index contributed by atoms with van der Waals surface area (Å²) < 4.78 is 45.7. The van der Waals surface area contributed by atoms with E-state index in [0.29, 0.717) is 25.2 Å². The van der Waals surface area contributed by atoms with Gasteiger partial charge in [0, 0.05) is 19.8 Å². The average Bonchev–Trinajstić information content (AvgIpc) is 2.91. The molecule has 0 saturated carbocycles. The molecular weight excluding hydrogens is 321 g/mol. The molecule has 0 spiro atoms. The Hall–Kier alpha value is -1.02. The number of aliphatic hydroxyl groups is 1. The average molecular weight is 343 g/mol. The second kappa shape index (κ2) is 6.84. The second-order valence-corrected chi connectivity index (χ2v) is 8.33. The van der Waals surface area contributed by atoms with Crippen molar-refractivity contribution in [3.63, 3.8) is 0 Å². The Balaban J connectivity index is 1.80. The normalized spacial score (nSPS) is 27.4. The summed E-state index contributed by atoms with van der Waals surface area (Å²) in [5.74, 6) is -0.250. The van der Waals surface area contributed by atoms with Gasteiger partial charge in [0.1, 0.15) is 5.82 Å². The smallest absolute Gasteiger partial charge is 0.215 e. The van der Waals surface area contributed by atoms with Crippen molar-refractivity contribution in [1.29, 1.82) is 0 Å². The van der Waals surface area contributed by atoms with Gasteiger partial charge in [0.2, 0.25) is 10.0 Å². The third kappa shape index (κ3) is 3.91. The molecule has 0 amide bonds. The first-order valence-corrected chi connectivity index (χ1v) is 9.57. The Bertz CT molecular complexity index is 645. The molecule has 0 radical (unpaired) electrons. The van der Waals surface area contributed by atoms with Gasteiger partial charge in [-0.05, 0) is 42.9 Å². The Morgan fingerprint density at radius 1 is 1.30 bits per heavy atom. The molecule has 0 bridgehead atoms. The highest BCUT2D eigenvalue weighted by Gasteiger charge is 2.40. The number of nitrogens with zero attached hydrogens (tertiary/aromatic N) is 1. The molecule has 2 aliphatic heterocycles. The summed E-state index contributed by atoms with van der Waals surface area (Å²) in [5.41, 5.74) is 0.595. The number of aliphatic hydroxyl groups excluding tert-OH is 1. The van der Waals surface area contributed by atoms with Crippen molar-refractivity contribution in [1.82, 2.24) is 4.31 Å². The molecule has 23 heavy (non-hydrogen) atoms. The molecule has 0 aromatic heterocycles. The lowest BCUT2D eigenvalue weighted by Gasteiger charge is -2.28. The molecule has 2 heterocycles. The molecule has 3 rings (SSSR count). The number of sulfonamides is 1. The van der Waals surface area contributed by atoms with Gasteiger partial charge in [0.25, 0.3) is 0 Å². The highest BCUT2D eigenvalue weighted by atomic mass is 32.2. The maximum atomic E-state index is 13.5. The number of ether oxygens (including phenoxy) is 1. The molecule has 2 saturated heterocycles. The number of rotatable bonds is 4. The van der Waals surface area contributed by atoms with E-state index >= 15 is 0 Å². The third-order valence-electron chi connectivity index (χ3n) is 4.61. The lowest BCUT2D eigenvalue weighted by atomic mass is 10.0. The number of hydrogen-bond donors (Lipinski definition) is 1. The van der Waals surface area contributed by atoms with Gasteiger partial charge in [-0.25, -0.2) is 12.8 Å². The zero-order valence-electron chi connectivity index (χ0n) is 12.9. The largest absolute Gasteiger partial charge is 0.392 e. The van der Waals surface area contributed by atoms with Crippen LogP contribution in [0.2, 0.25) is 0 Å². The van der Waals surface area contributed by atoms with Gasteiger partial charge in [-0.3, -0.25) is 0 Å². The molecule has 5 nitrogen and oxygen atoms in total. The summed E-state index contributed by atoms with van der Waals surface area (Å²) in [6.45, 7) is 1.26. The van der Waals surface area contributed by atoms with Crippen molar-refractivity contribution in [3.05, 3.63) is 35.6 Å². The molecule has 0 aliphatic carbocycles. The Labute approximate surface area is 136 Å². The Kier molecular flexibility index (Phi) is 5.01. The van der Waals surface area contributed by atoms with E-state index in [4.69, 9.17) is 4.74 Å². The van der Waals surface area contributed by atoms with Gasteiger partial charge in [0.15, 0.2) is 0 Å². The third-order valence-corrected chi connectivity index (χ3v) is 6.62. The molecule has 2 aliphatic rings. The fourth-order valence-electron chi connectivity index (χ4n) is 3.42. The van der Waals surface area contributed by atoms with Crippen LogP contribution in [0.15, 0.2) is 24.3 Å². The van der Waals surface area contributed by atoms with Crippen LogP contribution in [0.1, 0.15) is 30.9 Å². The van der Waals surface area contributed by atoms with Crippen molar-refractivity contribution in [3.8, 4) is 0 Å². The number of hydrogen-bond acceptors (Lipinski definition) is 4. The topological polar surface area (TPSA) is 66.8 Å². The van der Waals surface area contributed by atoms with Crippen molar-refractivity contribution in [2.24, 2.45) is 5.92 Å². The van der Waals surface area contributed by atoms with Crippen LogP contribution < -0.4 is 0 Å². The standard InChI is InChI=1S/C16H22FNO4S/c17-14-3-1-2-13(8-14)16-9-15(19)10-18(16)23(20,21)11-12-4-6-22-7-5-12/h1-3,8,12,15-16,19H,4-7,9-11H2/t15-,16+/m1/s1. The van der Waals surface area contributed by atoms with Gasteiger partial charge < -0.3 is 9.84 Å². The molecule has 7 heteroatoms. The zero-order valence-corrected chi connectivity index (χ0v) is 13.7. The fourth-order valence-corrected chi connectivity index (χ4v) is 5.53. The molecule has 1 aromatic carbocycles. The first kappa shape index (κ1) is 16.8. The molecule has 128 valence electrons. The number of halogens is 1. The molecular formula is C16H22FNO4S. The Morgan fingerprint density at radius 2 is 2.04 bits per heavy atom. The Morgan fingerprint density at radius 3 is 2.74 bits per heavy atom. The van der Waals surface area contributed by atoms with E-state index in [0.717, 1.165) is 12.8 Å². The summed E-state index contributed by atoms with van der Waals surface area (Å²) in [4.78, 5) is 0.